The van der Waals surface area contributed by atoms with E-state index in [9.17, 15) is 29.5 Å². The molecule has 2 aliphatic rings. The van der Waals surface area contributed by atoms with Gasteiger partial charge in [-0.25, -0.2) is 4.79 Å². The molecule has 1 aromatic rings. The average molecular weight is 393 g/mol. The quantitative estimate of drug-likeness (QED) is 0.451. The second kappa shape index (κ2) is 7.42. The van der Waals surface area contributed by atoms with E-state index >= 15 is 0 Å². The molecule has 5 N–H and O–H groups in total. The van der Waals surface area contributed by atoms with Crippen LogP contribution in [0.3, 0.4) is 0 Å². The normalized spacial score (nSPS) is 19.1. The third-order valence-corrected chi connectivity index (χ3v) is 4.79. The molecule has 1 atom stereocenters. The van der Waals surface area contributed by atoms with Crippen LogP contribution in [0.15, 0.2) is 12.1 Å². The summed E-state index contributed by atoms with van der Waals surface area (Å²) in [7, 11) is 0. The van der Waals surface area contributed by atoms with Crippen molar-refractivity contribution in [1.82, 2.24) is 4.90 Å². The molecule has 0 saturated carbocycles. The number of rotatable bonds is 6. The number of amides is 1. The summed E-state index contributed by atoms with van der Waals surface area (Å²) in [4.78, 5) is 36.4. The Labute approximate surface area is 160 Å². The highest BCUT2D eigenvalue weighted by Gasteiger charge is 2.37. The number of nitrogens with zero attached hydrogens (tertiary/aromatic N) is 1. The molecule has 10 nitrogen and oxygen atoms in total. The Morgan fingerprint density at radius 3 is 2.64 bits per heavy atom. The molecule has 0 aromatic heterocycles. The van der Waals surface area contributed by atoms with Crippen molar-refractivity contribution in [3.63, 3.8) is 0 Å². The molecule has 152 valence electrons. The van der Waals surface area contributed by atoms with Gasteiger partial charge in [0.25, 0.3) is 0 Å². The Morgan fingerprint density at radius 2 is 2.04 bits per heavy atom. The molecular weight excluding hydrogens is 371 g/mol. The summed E-state index contributed by atoms with van der Waals surface area (Å²) >= 11 is 0. The minimum absolute atomic E-state index is 0.0184. The van der Waals surface area contributed by atoms with E-state index in [4.69, 9.17) is 15.1 Å². The van der Waals surface area contributed by atoms with Crippen molar-refractivity contribution in [2.24, 2.45) is 5.73 Å². The topological polar surface area (TPSA) is 160 Å². The predicted molar refractivity (Wildman–Crippen MR) is 97.0 cm³/mol. The third-order valence-electron chi connectivity index (χ3n) is 4.79. The van der Waals surface area contributed by atoms with Crippen LogP contribution < -0.4 is 15.1 Å². The molecule has 0 bridgehead atoms. The molecule has 1 aromatic carbocycles. The minimum atomic E-state index is -3.12. The van der Waals surface area contributed by atoms with E-state index in [-0.39, 0.29) is 61.0 Å². The summed E-state index contributed by atoms with van der Waals surface area (Å²) in [5.41, 5.74) is 5.96. The highest BCUT2D eigenvalue weighted by Crippen LogP contribution is 2.38. The zero-order valence-corrected chi connectivity index (χ0v) is 15.3. The summed E-state index contributed by atoms with van der Waals surface area (Å²) in [6, 6.07) is 2.20. The van der Waals surface area contributed by atoms with Gasteiger partial charge in [-0.3, -0.25) is 9.59 Å². The highest BCUT2D eigenvalue weighted by molar-refractivity contribution is 6.59. The van der Waals surface area contributed by atoms with E-state index in [0.717, 1.165) is 0 Å². The zero-order chi connectivity index (χ0) is 20.6. The molecule has 1 saturated heterocycles. The van der Waals surface area contributed by atoms with Crippen molar-refractivity contribution in [3.05, 3.63) is 23.3 Å². The minimum Gasteiger partial charge on any atom is -0.669 e. The molecule has 28 heavy (non-hydrogen) atoms. The predicted octanol–water partition coefficient (Wildman–Crippen LogP) is -0.861. The van der Waals surface area contributed by atoms with Crippen molar-refractivity contribution in [2.45, 2.75) is 38.2 Å². The van der Waals surface area contributed by atoms with Gasteiger partial charge >= 0.3 is 12.7 Å². The number of Topliss-reactive ketones (excluding diaryl/α,β-unsaturated/α-hetero) is 1. The first kappa shape index (κ1) is 20.1. The Balaban J connectivity index is 1.70. The van der Waals surface area contributed by atoms with E-state index < -0.39 is 24.9 Å². The maximum atomic E-state index is 12.1. The molecule has 0 spiro atoms. The van der Waals surface area contributed by atoms with Crippen LogP contribution in [0, 0.1) is 0 Å². The summed E-state index contributed by atoms with van der Waals surface area (Å²) in [5, 5.41) is 29.1. The number of carboxylic acids is 1. The number of nitrogens with two attached hydrogens (primary N) is 1. The molecule has 0 aliphatic carbocycles. The van der Waals surface area contributed by atoms with E-state index in [1.807, 2.05) is 0 Å². The summed E-state index contributed by atoms with van der Waals surface area (Å²) in [6.45, 7) is -1.35. The van der Waals surface area contributed by atoms with Crippen LogP contribution in [0.2, 0.25) is 6.32 Å². The van der Waals surface area contributed by atoms with Gasteiger partial charge in [-0.05, 0) is 25.0 Å². The van der Waals surface area contributed by atoms with Gasteiger partial charge in [0.15, 0.2) is 0 Å². The number of carboxylic acid groups (broad SMARTS) is 1. The molecule has 3 rings (SSSR count). The fourth-order valence-corrected chi connectivity index (χ4v) is 3.33. The van der Waals surface area contributed by atoms with E-state index in [0.29, 0.717) is 5.56 Å². The van der Waals surface area contributed by atoms with E-state index in [1.54, 1.807) is 6.07 Å². The van der Waals surface area contributed by atoms with Gasteiger partial charge < -0.3 is 35.2 Å². The number of benzene rings is 1. The van der Waals surface area contributed by atoms with Gasteiger partial charge in [0.2, 0.25) is 5.91 Å². The van der Waals surface area contributed by atoms with Crippen LogP contribution in [0.25, 0.3) is 0 Å². The first-order chi connectivity index (χ1) is 13.1. The molecule has 2 heterocycles. The fourth-order valence-electron chi connectivity index (χ4n) is 3.33. The number of aryl methyl sites for hydroxylation is 1. The van der Waals surface area contributed by atoms with E-state index in [2.05, 4.69) is 0 Å². The highest BCUT2D eigenvalue weighted by atomic mass is 16.6. The van der Waals surface area contributed by atoms with Gasteiger partial charge in [0.1, 0.15) is 23.2 Å². The van der Waals surface area contributed by atoms with Crippen molar-refractivity contribution in [1.29, 1.82) is 0 Å². The lowest BCUT2D eigenvalue weighted by molar-refractivity contribution is -0.142. The number of ether oxygens (including phenoxy) is 1. The van der Waals surface area contributed by atoms with Crippen LogP contribution in [-0.2, 0) is 16.0 Å². The SMILES string of the molecule is CC(=O)C[C@@H](N)C(=O)N1CC(Oc2ccc3c(c2C(=O)O)O[B-](O)(O)CC3)C1. The van der Waals surface area contributed by atoms with Crippen molar-refractivity contribution >= 4 is 24.4 Å². The van der Waals surface area contributed by atoms with Crippen LogP contribution >= 0.6 is 0 Å². The van der Waals surface area contributed by atoms with Crippen molar-refractivity contribution < 1.29 is 38.9 Å². The molecule has 0 unspecified atom stereocenters. The smallest absolute Gasteiger partial charge is 0.430 e. The number of fused-ring (bicyclic) bond motifs is 1. The Hall–Kier alpha value is -2.63. The number of carbonyl (C=O) groups excluding carboxylic acids is 2. The second-order valence-electron chi connectivity index (χ2n) is 7.24. The largest absolute Gasteiger partial charge is 0.669 e. The Kier molecular flexibility index (Phi) is 5.33. The maximum Gasteiger partial charge on any atom is 0.430 e. The lowest BCUT2D eigenvalue weighted by Gasteiger charge is -2.41. The monoisotopic (exact) mass is 393 g/mol. The number of hydrogen-bond donors (Lipinski definition) is 4. The molecule has 1 fully saturated rings. The summed E-state index contributed by atoms with van der Waals surface area (Å²) in [5.74, 6) is -1.96. The number of hydrogen-bond acceptors (Lipinski definition) is 8. The number of carbonyl (C=O) groups is 3. The Bertz CT molecular complexity index is 822. The third kappa shape index (κ3) is 4.11. The van der Waals surface area contributed by atoms with Crippen LogP contribution in [0.5, 0.6) is 11.5 Å². The maximum absolute atomic E-state index is 12.1. The first-order valence-corrected chi connectivity index (χ1v) is 8.96. The van der Waals surface area contributed by atoms with Crippen LogP contribution in [-0.4, -0.2) is 69.7 Å². The fraction of sp³-hybridized carbons (Fsp3) is 0.471. The van der Waals surface area contributed by atoms with Crippen LogP contribution in [0.1, 0.15) is 29.3 Å². The number of likely N-dealkylation sites (tertiary alicyclic amines) is 1. The second-order valence-corrected chi connectivity index (χ2v) is 7.24. The first-order valence-electron chi connectivity index (χ1n) is 8.96. The van der Waals surface area contributed by atoms with Gasteiger partial charge in [0.05, 0.1) is 24.9 Å². The van der Waals surface area contributed by atoms with Crippen LogP contribution in [0.4, 0.5) is 0 Å². The molecule has 2 aliphatic heterocycles. The average Bonchev–Trinajstić information content (AvgIpc) is 2.54. The van der Waals surface area contributed by atoms with E-state index in [1.165, 1.54) is 17.9 Å². The van der Waals surface area contributed by atoms with Crippen molar-refractivity contribution in [2.75, 3.05) is 13.1 Å². The van der Waals surface area contributed by atoms with Gasteiger partial charge in [0, 0.05) is 6.42 Å². The zero-order valence-electron chi connectivity index (χ0n) is 15.3. The van der Waals surface area contributed by atoms with Crippen molar-refractivity contribution in [3.8, 4) is 11.5 Å². The molecular formula is C17H22BN2O8-. The van der Waals surface area contributed by atoms with Gasteiger partial charge in [-0.15, -0.1) is 0 Å². The molecule has 11 heteroatoms. The lowest BCUT2D eigenvalue weighted by atomic mass is 9.70. The molecule has 1 amide bonds. The summed E-state index contributed by atoms with van der Waals surface area (Å²) in [6.07, 6.45) is -0.251. The summed E-state index contributed by atoms with van der Waals surface area (Å²) < 4.78 is 10.8. The standard InChI is InChI=1S/C17H22BN2O8/c1-9(21)6-12(19)16(22)20-7-11(8-20)27-13-3-2-10-4-5-18(25,26)28-15(10)14(13)17(23)24/h2-3,11-12,25-26H,4-8,19H2,1H3,(H,23,24)/q-1/t12-/m1/s1. The number of ketones is 1. The lowest BCUT2D eigenvalue weighted by Crippen LogP contribution is -2.60. The number of aromatic carboxylic acids is 1. The van der Waals surface area contributed by atoms with Gasteiger partial charge in [-0.1, -0.05) is 12.4 Å². The van der Waals surface area contributed by atoms with Gasteiger partial charge in [-0.2, -0.15) is 0 Å². The Morgan fingerprint density at radius 1 is 1.36 bits per heavy atom. The molecule has 0 radical (unpaired) electrons.